The fourth-order valence-corrected chi connectivity index (χ4v) is 3.25. The zero-order chi connectivity index (χ0) is 19.8. The standard InChI is InChI=1S/C19H26N4O3S.ClH/c1-4-14(22-19(25)15-12-27-17(21-15)9-10-20)13-7-5-6-8-16(13)26-11-18(24)23(2)3;/h5-8,12,14H,4,9-11,20H2,1-3H3,(H,22,25);1H. The molecule has 0 aliphatic rings. The van der Waals surface area contributed by atoms with Gasteiger partial charge in [0.15, 0.2) is 6.61 Å². The van der Waals surface area contributed by atoms with E-state index in [1.807, 2.05) is 25.1 Å². The van der Waals surface area contributed by atoms with Crippen molar-refractivity contribution in [1.82, 2.24) is 15.2 Å². The molecule has 0 saturated carbocycles. The number of aromatic nitrogens is 1. The Morgan fingerprint density at radius 3 is 2.68 bits per heavy atom. The van der Waals surface area contributed by atoms with Crippen molar-refractivity contribution in [2.24, 2.45) is 5.73 Å². The summed E-state index contributed by atoms with van der Waals surface area (Å²) in [5, 5.41) is 5.59. The predicted octanol–water partition coefficient (Wildman–Crippen LogP) is 2.41. The van der Waals surface area contributed by atoms with Crippen LogP contribution in [0, 0.1) is 0 Å². The molecule has 0 saturated heterocycles. The summed E-state index contributed by atoms with van der Waals surface area (Å²) in [6, 6.07) is 7.17. The van der Waals surface area contributed by atoms with E-state index < -0.39 is 0 Å². The van der Waals surface area contributed by atoms with Crippen LogP contribution >= 0.6 is 23.7 Å². The van der Waals surface area contributed by atoms with Crippen LogP contribution in [-0.2, 0) is 11.2 Å². The van der Waals surface area contributed by atoms with Crippen LogP contribution in [0.2, 0.25) is 0 Å². The Labute approximate surface area is 175 Å². The van der Waals surface area contributed by atoms with Crippen LogP contribution in [0.3, 0.4) is 0 Å². The lowest BCUT2D eigenvalue weighted by molar-refractivity contribution is -0.130. The van der Waals surface area contributed by atoms with Gasteiger partial charge in [0.25, 0.3) is 11.8 Å². The average molecular weight is 427 g/mol. The van der Waals surface area contributed by atoms with E-state index >= 15 is 0 Å². The Bertz CT molecular complexity index is 782. The van der Waals surface area contributed by atoms with E-state index in [-0.39, 0.29) is 36.9 Å². The summed E-state index contributed by atoms with van der Waals surface area (Å²) in [6.07, 6.45) is 1.33. The number of amides is 2. The van der Waals surface area contributed by atoms with E-state index in [0.29, 0.717) is 30.8 Å². The Morgan fingerprint density at radius 1 is 1.32 bits per heavy atom. The molecule has 154 valence electrons. The van der Waals surface area contributed by atoms with Crippen molar-refractivity contribution in [1.29, 1.82) is 0 Å². The third kappa shape index (κ3) is 6.47. The third-order valence-electron chi connectivity index (χ3n) is 4.00. The minimum atomic E-state index is -0.247. The monoisotopic (exact) mass is 426 g/mol. The molecule has 0 radical (unpaired) electrons. The fraction of sp³-hybridized carbons (Fsp3) is 0.421. The molecule has 0 fully saturated rings. The maximum atomic E-state index is 12.6. The van der Waals surface area contributed by atoms with Crippen LogP contribution in [0.15, 0.2) is 29.6 Å². The minimum Gasteiger partial charge on any atom is -0.483 e. The number of halogens is 1. The van der Waals surface area contributed by atoms with Crippen molar-refractivity contribution in [3.63, 3.8) is 0 Å². The molecule has 0 spiro atoms. The van der Waals surface area contributed by atoms with Gasteiger partial charge >= 0.3 is 0 Å². The Hall–Kier alpha value is -2.16. The fourth-order valence-electron chi connectivity index (χ4n) is 2.45. The maximum Gasteiger partial charge on any atom is 0.271 e. The largest absolute Gasteiger partial charge is 0.483 e. The summed E-state index contributed by atoms with van der Waals surface area (Å²) in [6.45, 7) is 2.43. The number of carbonyl (C=O) groups is 2. The number of likely N-dealkylation sites (N-methyl/N-ethyl adjacent to an activating group) is 1. The highest BCUT2D eigenvalue weighted by Crippen LogP contribution is 2.27. The second-order valence-corrected chi connectivity index (χ2v) is 7.16. The highest BCUT2D eigenvalue weighted by molar-refractivity contribution is 7.09. The van der Waals surface area contributed by atoms with Gasteiger partial charge in [0, 0.05) is 31.5 Å². The van der Waals surface area contributed by atoms with Gasteiger partial charge in [-0.15, -0.1) is 23.7 Å². The first-order valence-electron chi connectivity index (χ1n) is 8.83. The van der Waals surface area contributed by atoms with Gasteiger partial charge in [0.05, 0.1) is 11.0 Å². The molecule has 1 unspecified atom stereocenters. The highest BCUT2D eigenvalue weighted by atomic mass is 35.5. The first-order chi connectivity index (χ1) is 13.0. The van der Waals surface area contributed by atoms with Gasteiger partial charge in [-0.05, 0) is 19.0 Å². The molecular weight excluding hydrogens is 400 g/mol. The van der Waals surface area contributed by atoms with Crippen molar-refractivity contribution >= 4 is 35.6 Å². The number of thiazole rings is 1. The second-order valence-electron chi connectivity index (χ2n) is 6.21. The minimum absolute atomic E-state index is 0. The number of ether oxygens (including phenoxy) is 1. The molecule has 9 heteroatoms. The summed E-state index contributed by atoms with van der Waals surface area (Å²) in [7, 11) is 3.36. The molecule has 0 aliphatic heterocycles. The van der Waals surface area contributed by atoms with E-state index in [2.05, 4.69) is 10.3 Å². The number of nitrogens with zero attached hydrogens (tertiary/aromatic N) is 2. The highest BCUT2D eigenvalue weighted by Gasteiger charge is 2.20. The Kier molecular flexibility index (Phi) is 9.92. The number of hydrogen-bond donors (Lipinski definition) is 2. The number of benzene rings is 1. The number of nitrogens with one attached hydrogen (secondary N) is 1. The molecule has 1 heterocycles. The molecule has 1 atom stereocenters. The first kappa shape index (κ1) is 23.9. The van der Waals surface area contributed by atoms with Gasteiger partial charge < -0.3 is 20.7 Å². The molecule has 1 aromatic carbocycles. The van der Waals surface area contributed by atoms with Gasteiger partial charge in [-0.1, -0.05) is 25.1 Å². The second kappa shape index (κ2) is 11.6. The lowest BCUT2D eigenvalue weighted by atomic mass is 10.0. The normalized spacial score (nSPS) is 11.3. The van der Waals surface area contributed by atoms with E-state index in [4.69, 9.17) is 10.5 Å². The van der Waals surface area contributed by atoms with E-state index in [9.17, 15) is 9.59 Å². The summed E-state index contributed by atoms with van der Waals surface area (Å²) >= 11 is 1.43. The van der Waals surface area contributed by atoms with Crippen LogP contribution in [0.1, 0.15) is 40.4 Å². The SMILES string of the molecule is CCC(NC(=O)c1csc(CCN)n1)c1ccccc1OCC(=O)N(C)C.Cl. The van der Waals surface area contributed by atoms with Crippen LogP contribution in [0.25, 0.3) is 0 Å². The van der Waals surface area contributed by atoms with Crippen LogP contribution in [0.5, 0.6) is 5.75 Å². The molecule has 28 heavy (non-hydrogen) atoms. The molecular formula is C19H27ClN4O3S. The average Bonchev–Trinajstić information content (AvgIpc) is 3.13. The Morgan fingerprint density at radius 2 is 2.04 bits per heavy atom. The van der Waals surface area contributed by atoms with Gasteiger partial charge in [-0.3, -0.25) is 9.59 Å². The van der Waals surface area contributed by atoms with Gasteiger partial charge in [0.2, 0.25) is 0 Å². The molecule has 1 aromatic heterocycles. The van der Waals surface area contributed by atoms with Crippen molar-refractivity contribution in [2.45, 2.75) is 25.8 Å². The van der Waals surface area contributed by atoms with Crippen molar-refractivity contribution in [3.05, 3.63) is 45.9 Å². The van der Waals surface area contributed by atoms with E-state index in [0.717, 1.165) is 10.6 Å². The molecule has 7 nitrogen and oxygen atoms in total. The maximum absolute atomic E-state index is 12.6. The zero-order valence-corrected chi connectivity index (χ0v) is 17.9. The predicted molar refractivity (Wildman–Crippen MR) is 113 cm³/mol. The first-order valence-corrected chi connectivity index (χ1v) is 9.71. The summed E-state index contributed by atoms with van der Waals surface area (Å²) in [5.41, 5.74) is 6.76. The molecule has 0 bridgehead atoms. The Balaban J connectivity index is 0.00000392. The molecule has 2 aromatic rings. The number of rotatable bonds is 9. The molecule has 0 aliphatic carbocycles. The van der Waals surface area contributed by atoms with Crippen molar-refractivity contribution in [3.8, 4) is 5.75 Å². The molecule has 3 N–H and O–H groups in total. The number of hydrogen-bond acceptors (Lipinski definition) is 6. The lowest BCUT2D eigenvalue weighted by Crippen LogP contribution is -2.30. The van der Waals surface area contributed by atoms with E-state index in [1.54, 1.807) is 25.5 Å². The lowest BCUT2D eigenvalue weighted by Gasteiger charge is -2.20. The van der Waals surface area contributed by atoms with Crippen LogP contribution in [-0.4, -0.2) is 48.9 Å². The van der Waals surface area contributed by atoms with E-state index in [1.165, 1.54) is 16.2 Å². The van der Waals surface area contributed by atoms with Crippen LogP contribution in [0.4, 0.5) is 0 Å². The smallest absolute Gasteiger partial charge is 0.271 e. The van der Waals surface area contributed by atoms with Crippen molar-refractivity contribution in [2.75, 3.05) is 27.2 Å². The quantitative estimate of drug-likeness (QED) is 0.641. The third-order valence-corrected chi connectivity index (χ3v) is 4.91. The van der Waals surface area contributed by atoms with Gasteiger partial charge in [0.1, 0.15) is 11.4 Å². The van der Waals surface area contributed by atoms with Crippen LogP contribution < -0.4 is 15.8 Å². The topological polar surface area (TPSA) is 97.5 Å². The number of nitrogens with two attached hydrogens (primary N) is 1. The van der Waals surface area contributed by atoms with Gasteiger partial charge in [-0.25, -0.2) is 4.98 Å². The summed E-state index contributed by atoms with van der Waals surface area (Å²) in [5.74, 6) is 0.222. The zero-order valence-electron chi connectivity index (χ0n) is 16.3. The summed E-state index contributed by atoms with van der Waals surface area (Å²) in [4.78, 5) is 30.2. The van der Waals surface area contributed by atoms with Crippen molar-refractivity contribution < 1.29 is 14.3 Å². The number of carbonyl (C=O) groups excluding carboxylic acids is 2. The molecule has 2 amide bonds. The molecule has 2 rings (SSSR count). The summed E-state index contributed by atoms with van der Waals surface area (Å²) < 4.78 is 5.70. The van der Waals surface area contributed by atoms with Gasteiger partial charge in [-0.2, -0.15) is 0 Å². The number of para-hydroxylation sites is 1.